The molecular weight excluding hydrogens is 221 g/mol. The molecular formula is C10H11Cl2NO. The van der Waals surface area contributed by atoms with E-state index in [4.69, 9.17) is 27.9 Å². The van der Waals surface area contributed by atoms with Gasteiger partial charge in [0.25, 0.3) is 0 Å². The number of hydrogen-bond acceptors (Lipinski definition) is 2. The lowest BCUT2D eigenvalue weighted by Crippen LogP contribution is -2.34. The SMILES string of the molecule is COc1c(Cl)cc([C@H]2CCN2)cc1Cl. The van der Waals surface area contributed by atoms with E-state index in [0.29, 0.717) is 21.8 Å². The van der Waals surface area contributed by atoms with E-state index in [1.165, 1.54) is 0 Å². The van der Waals surface area contributed by atoms with Crippen LogP contribution in [0, 0.1) is 0 Å². The average Bonchev–Trinajstić information content (AvgIpc) is 2.00. The molecule has 4 heteroatoms. The summed E-state index contributed by atoms with van der Waals surface area (Å²) in [7, 11) is 1.56. The van der Waals surface area contributed by atoms with Crippen LogP contribution < -0.4 is 10.1 Å². The molecule has 2 nitrogen and oxygen atoms in total. The summed E-state index contributed by atoms with van der Waals surface area (Å²) in [5, 5.41) is 4.44. The third-order valence-corrected chi connectivity index (χ3v) is 3.01. The van der Waals surface area contributed by atoms with Gasteiger partial charge in [0, 0.05) is 6.04 Å². The highest BCUT2D eigenvalue weighted by Gasteiger charge is 2.20. The fourth-order valence-electron chi connectivity index (χ4n) is 1.55. The normalized spacial score (nSPS) is 20.4. The van der Waals surface area contributed by atoms with Gasteiger partial charge in [-0.1, -0.05) is 23.2 Å². The van der Waals surface area contributed by atoms with Crippen LogP contribution in [0.2, 0.25) is 10.0 Å². The van der Waals surface area contributed by atoms with Gasteiger partial charge in [0.15, 0.2) is 5.75 Å². The molecule has 1 aliphatic heterocycles. The molecule has 0 aliphatic carbocycles. The number of nitrogens with one attached hydrogen (secondary N) is 1. The molecule has 1 saturated heterocycles. The molecule has 1 fully saturated rings. The van der Waals surface area contributed by atoms with Crippen molar-refractivity contribution in [1.29, 1.82) is 0 Å². The molecule has 0 spiro atoms. The van der Waals surface area contributed by atoms with Crippen LogP contribution >= 0.6 is 23.2 Å². The summed E-state index contributed by atoms with van der Waals surface area (Å²) in [5.74, 6) is 0.552. The first-order valence-electron chi connectivity index (χ1n) is 4.48. The van der Waals surface area contributed by atoms with Crippen LogP contribution in [0.1, 0.15) is 18.0 Å². The Labute approximate surface area is 93.2 Å². The van der Waals surface area contributed by atoms with Crippen molar-refractivity contribution in [2.45, 2.75) is 12.5 Å². The Balaban J connectivity index is 2.35. The third kappa shape index (κ3) is 1.70. The van der Waals surface area contributed by atoms with Gasteiger partial charge in [-0.05, 0) is 30.7 Å². The van der Waals surface area contributed by atoms with Crippen LogP contribution in [0.4, 0.5) is 0 Å². The molecule has 1 N–H and O–H groups in total. The molecule has 0 aromatic heterocycles. The van der Waals surface area contributed by atoms with E-state index >= 15 is 0 Å². The van der Waals surface area contributed by atoms with Gasteiger partial charge < -0.3 is 10.1 Å². The summed E-state index contributed by atoms with van der Waals surface area (Å²) < 4.78 is 5.08. The molecule has 1 aliphatic rings. The molecule has 0 radical (unpaired) electrons. The number of benzene rings is 1. The zero-order chi connectivity index (χ0) is 10.1. The summed E-state index contributed by atoms with van der Waals surface area (Å²) in [6, 6.07) is 4.21. The summed E-state index contributed by atoms with van der Waals surface area (Å²) in [5.41, 5.74) is 1.13. The molecule has 76 valence electrons. The van der Waals surface area contributed by atoms with Gasteiger partial charge in [-0.15, -0.1) is 0 Å². The van der Waals surface area contributed by atoms with Gasteiger partial charge in [0.2, 0.25) is 0 Å². The monoisotopic (exact) mass is 231 g/mol. The van der Waals surface area contributed by atoms with Gasteiger partial charge in [-0.25, -0.2) is 0 Å². The van der Waals surface area contributed by atoms with E-state index in [9.17, 15) is 0 Å². The molecule has 1 aromatic carbocycles. The van der Waals surface area contributed by atoms with Crippen LogP contribution in [-0.2, 0) is 0 Å². The smallest absolute Gasteiger partial charge is 0.156 e. The van der Waals surface area contributed by atoms with Gasteiger partial charge >= 0.3 is 0 Å². The predicted molar refractivity (Wildman–Crippen MR) is 58.4 cm³/mol. The minimum Gasteiger partial charge on any atom is -0.494 e. The largest absolute Gasteiger partial charge is 0.494 e. The minimum absolute atomic E-state index is 0.399. The highest BCUT2D eigenvalue weighted by Crippen LogP contribution is 2.37. The lowest BCUT2D eigenvalue weighted by atomic mass is 9.98. The Kier molecular flexibility index (Phi) is 2.86. The van der Waals surface area contributed by atoms with Crippen molar-refractivity contribution in [2.24, 2.45) is 0 Å². The van der Waals surface area contributed by atoms with Gasteiger partial charge in [-0.3, -0.25) is 0 Å². The van der Waals surface area contributed by atoms with Crippen molar-refractivity contribution in [3.63, 3.8) is 0 Å². The molecule has 1 heterocycles. The summed E-state index contributed by atoms with van der Waals surface area (Å²) in [4.78, 5) is 0. The van der Waals surface area contributed by atoms with Crippen molar-refractivity contribution in [1.82, 2.24) is 5.32 Å². The average molecular weight is 232 g/mol. The minimum atomic E-state index is 0.399. The van der Waals surface area contributed by atoms with Crippen molar-refractivity contribution in [3.05, 3.63) is 27.7 Å². The number of halogens is 2. The maximum atomic E-state index is 6.02. The molecule has 14 heavy (non-hydrogen) atoms. The van der Waals surface area contributed by atoms with E-state index in [1.807, 2.05) is 12.1 Å². The topological polar surface area (TPSA) is 21.3 Å². The van der Waals surface area contributed by atoms with Gasteiger partial charge in [0.1, 0.15) is 0 Å². The van der Waals surface area contributed by atoms with E-state index in [1.54, 1.807) is 7.11 Å². The number of hydrogen-bond donors (Lipinski definition) is 1. The Hall–Kier alpha value is -0.440. The maximum Gasteiger partial charge on any atom is 0.156 e. The second kappa shape index (κ2) is 3.97. The Morgan fingerprint density at radius 3 is 2.29 bits per heavy atom. The van der Waals surface area contributed by atoms with Crippen LogP contribution in [0.3, 0.4) is 0 Å². The first kappa shape index (κ1) is 10.1. The lowest BCUT2D eigenvalue weighted by Gasteiger charge is -2.28. The molecule has 0 unspecified atom stereocenters. The molecule has 1 aromatic rings. The van der Waals surface area contributed by atoms with Crippen molar-refractivity contribution in [3.8, 4) is 5.75 Å². The van der Waals surface area contributed by atoms with Crippen molar-refractivity contribution in [2.75, 3.05) is 13.7 Å². The maximum absolute atomic E-state index is 6.02. The quantitative estimate of drug-likeness (QED) is 0.846. The Morgan fingerprint density at radius 1 is 1.36 bits per heavy atom. The lowest BCUT2D eigenvalue weighted by molar-refractivity contribution is 0.381. The van der Waals surface area contributed by atoms with Crippen LogP contribution in [0.15, 0.2) is 12.1 Å². The molecule has 0 bridgehead atoms. The van der Waals surface area contributed by atoms with Gasteiger partial charge in [-0.2, -0.15) is 0 Å². The number of methoxy groups -OCH3 is 1. The van der Waals surface area contributed by atoms with Crippen LogP contribution in [-0.4, -0.2) is 13.7 Å². The first-order chi connectivity index (χ1) is 6.72. The second-order valence-electron chi connectivity index (χ2n) is 3.31. The highest BCUT2D eigenvalue weighted by molar-refractivity contribution is 6.37. The fraction of sp³-hybridized carbons (Fsp3) is 0.400. The van der Waals surface area contributed by atoms with Crippen LogP contribution in [0.25, 0.3) is 0 Å². The predicted octanol–water partition coefficient (Wildman–Crippen LogP) is 3.04. The highest BCUT2D eigenvalue weighted by atomic mass is 35.5. The Bertz CT molecular complexity index is 327. The second-order valence-corrected chi connectivity index (χ2v) is 4.13. The molecule has 0 amide bonds. The Morgan fingerprint density at radius 2 is 1.93 bits per heavy atom. The standard InChI is InChI=1S/C10H11Cl2NO/c1-14-10-7(11)4-6(5-8(10)12)9-2-3-13-9/h4-5,9,13H,2-3H2,1H3/t9-/m1/s1. The molecule has 2 rings (SSSR count). The van der Waals surface area contributed by atoms with E-state index < -0.39 is 0 Å². The first-order valence-corrected chi connectivity index (χ1v) is 5.24. The number of ether oxygens (including phenoxy) is 1. The van der Waals surface area contributed by atoms with Crippen LogP contribution in [0.5, 0.6) is 5.75 Å². The number of rotatable bonds is 2. The zero-order valence-corrected chi connectivity index (χ0v) is 9.32. The molecule has 1 atom stereocenters. The molecule has 0 saturated carbocycles. The van der Waals surface area contributed by atoms with Crippen molar-refractivity contribution >= 4 is 23.2 Å². The van der Waals surface area contributed by atoms with E-state index in [-0.39, 0.29) is 0 Å². The fourth-order valence-corrected chi connectivity index (χ4v) is 2.21. The van der Waals surface area contributed by atoms with Crippen molar-refractivity contribution < 1.29 is 4.74 Å². The third-order valence-electron chi connectivity index (χ3n) is 2.45. The summed E-state index contributed by atoms with van der Waals surface area (Å²) >= 11 is 12.0. The van der Waals surface area contributed by atoms with E-state index in [2.05, 4.69) is 5.32 Å². The van der Waals surface area contributed by atoms with E-state index in [0.717, 1.165) is 18.5 Å². The van der Waals surface area contributed by atoms with Gasteiger partial charge in [0.05, 0.1) is 17.2 Å². The summed E-state index contributed by atoms with van der Waals surface area (Å²) in [6.07, 6.45) is 1.14. The summed E-state index contributed by atoms with van der Waals surface area (Å²) in [6.45, 7) is 1.06. The zero-order valence-electron chi connectivity index (χ0n) is 7.81.